The Balaban J connectivity index is 3.23. The third-order valence-electron chi connectivity index (χ3n) is 2.44. The summed E-state index contributed by atoms with van der Waals surface area (Å²) in [5.74, 6) is 0.831. The van der Waals surface area contributed by atoms with Crippen molar-refractivity contribution in [1.29, 1.82) is 0 Å². The molecule has 1 nitrogen and oxygen atoms in total. The zero-order valence-electron chi connectivity index (χ0n) is 9.17. The molecule has 1 heteroatoms. The molecule has 0 saturated heterocycles. The molecule has 1 aromatic rings. The second kappa shape index (κ2) is 4.32. The van der Waals surface area contributed by atoms with Crippen LogP contribution in [0.4, 0.5) is 0 Å². The first-order chi connectivity index (χ1) is 6.56. The molecule has 0 saturated carbocycles. The third-order valence-corrected chi connectivity index (χ3v) is 2.44. The van der Waals surface area contributed by atoms with E-state index < -0.39 is 0 Å². The smallest absolute Gasteiger partial charge is 0.118 e. The summed E-state index contributed by atoms with van der Waals surface area (Å²) in [6.45, 7) is 9.94. The fourth-order valence-corrected chi connectivity index (χ4v) is 1.64. The van der Waals surface area contributed by atoms with E-state index in [1.54, 1.807) is 0 Å². The maximum atomic E-state index is 9.62. The van der Waals surface area contributed by atoms with Gasteiger partial charge in [0.1, 0.15) is 5.75 Å². The van der Waals surface area contributed by atoms with E-state index in [9.17, 15) is 5.11 Å². The molecule has 0 aliphatic heterocycles. The van der Waals surface area contributed by atoms with Crippen LogP contribution in [-0.2, 0) is 6.42 Å². The minimum Gasteiger partial charge on any atom is -0.508 e. The minimum absolute atomic E-state index is 0.390. The predicted molar refractivity (Wildman–Crippen MR) is 60.8 cm³/mol. The molecular formula is C13H18O. The van der Waals surface area contributed by atoms with Gasteiger partial charge in [0.2, 0.25) is 0 Å². The molecule has 0 radical (unpaired) electrons. The highest BCUT2D eigenvalue weighted by atomic mass is 16.3. The second-order valence-electron chi connectivity index (χ2n) is 3.99. The number of hydrogen-bond acceptors (Lipinski definition) is 1. The van der Waals surface area contributed by atoms with Gasteiger partial charge in [-0.2, -0.15) is 0 Å². The summed E-state index contributed by atoms with van der Waals surface area (Å²) < 4.78 is 0. The summed E-state index contributed by atoms with van der Waals surface area (Å²) in [5.41, 5.74) is 3.42. The van der Waals surface area contributed by atoms with Crippen LogP contribution in [0.25, 0.3) is 0 Å². The number of allylic oxidation sites excluding steroid dienone is 1. The Kier molecular flexibility index (Phi) is 3.34. The van der Waals surface area contributed by atoms with Crippen molar-refractivity contribution in [2.75, 3.05) is 0 Å². The molecule has 1 rings (SSSR count). The number of rotatable bonds is 3. The summed E-state index contributed by atoms with van der Waals surface area (Å²) in [6, 6.07) is 3.92. The molecule has 0 aliphatic carbocycles. The zero-order chi connectivity index (χ0) is 10.7. The minimum atomic E-state index is 0.390. The van der Waals surface area contributed by atoms with Crippen LogP contribution in [0, 0.1) is 6.92 Å². The van der Waals surface area contributed by atoms with Crippen molar-refractivity contribution in [1.82, 2.24) is 0 Å². The highest BCUT2D eigenvalue weighted by Crippen LogP contribution is 2.27. The van der Waals surface area contributed by atoms with Crippen molar-refractivity contribution in [2.45, 2.75) is 33.1 Å². The van der Waals surface area contributed by atoms with Gasteiger partial charge in [-0.3, -0.25) is 0 Å². The van der Waals surface area contributed by atoms with Crippen molar-refractivity contribution >= 4 is 0 Å². The van der Waals surface area contributed by atoms with Crippen LogP contribution in [0.2, 0.25) is 0 Å². The van der Waals surface area contributed by atoms with Crippen molar-refractivity contribution in [3.05, 3.63) is 41.5 Å². The fourth-order valence-electron chi connectivity index (χ4n) is 1.64. The fraction of sp³-hybridized carbons (Fsp3) is 0.385. The van der Waals surface area contributed by atoms with Crippen LogP contribution in [-0.4, -0.2) is 5.11 Å². The Morgan fingerprint density at radius 2 is 2.07 bits per heavy atom. The standard InChI is InChI=1S/C13H18O/c1-5-6-11-7-10(4)13(14)8-12(11)9(2)3/h5,7-9,14H,1,6H2,2-4H3. The molecule has 0 amide bonds. The van der Waals surface area contributed by atoms with Crippen LogP contribution < -0.4 is 0 Å². The Bertz CT molecular complexity index is 337. The van der Waals surface area contributed by atoms with E-state index >= 15 is 0 Å². The molecule has 0 aliphatic rings. The van der Waals surface area contributed by atoms with Crippen LogP contribution in [0.3, 0.4) is 0 Å². The second-order valence-corrected chi connectivity index (χ2v) is 3.99. The predicted octanol–water partition coefficient (Wildman–Crippen LogP) is 3.55. The van der Waals surface area contributed by atoms with Crippen LogP contribution in [0.5, 0.6) is 5.75 Å². The molecule has 1 N–H and O–H groups in total. The van der Waals surface area contributed by atoms with Crippen LogP contribution >= 0.6 is 0 Å². The van der Waals surface area contributed by atoms with Crippen LogP contribution in [0.1, 0.15) is 36.5 Å². The molecule has 14 heavy (non-hydrogen) atoms. The number of phenols is 1. The summed E-state index contributed by atoms with van der Waals surface area (Å²) in [5, 5.41) is 9.62. The number of aryl methyl sites for hydroxylation is 1. The third kappa shape index (κ3) is 2.16. The van der Waals surface area contributed by atoms with Crippen molar-refractivity contribution in [2.24, 2.45) is 0 Å². The van der Waals surface area contributed by atoms with Gasteiger partial charge in [-0.1, -0.05) is 26.0 Å². The van der Waals surface area contributed by atoms with E-state index in [4.69, 9.17) is 0 Å². The van der Waals surface area contributed by atoms with Gasteiger partial charge >= 0.3 is 0 Å². The highest BCUT2D eigenvalue weighted by molar-refractivity contribution is 5.43. The van der Waals surface area contributed by atoms with E-state index in [2.05, 4.69) is 20.4 Å². The van der Waals surface area contributed by atoms with E-state index in [0.717, 1.165) is 12.0 Å². The van der Waals surface area contributed by atoms with Gasteiger partial charge in [-0.15, -0.1) is 6.58 Å². The molecule has 0 atom stereocenters. The van der Waals surface area contributed by atoms with Gasteiger partial charge in [-0.05, 0) is 42.0 Å². The van der Waals surface area contributed by atoms with Crippen molar-refractivity contribution in [3.8, 4) is 5.75 Å². The topological polar surface area (TPSA) is 20.2 Å². The van der Waals surface area contributed by atoms with E-state index in [1.165, 1.54) is 11.1 Å². The summed E-state index contributed by atoms with van der Waals surface area (Å²) in [7, 11) is 0. The molecule has 76 valence electrons. The lowest BCUT2D eigenvalue weighted by Gasteiger charge is -2.13. The first kappa shape index (κ1) is 10.8. The Morgan fingerprint density at radius 3 is 2.57 bits per heavy atom. The lowest BCUT2D eigenvalue weighted by molar-refractivity contribution is 0.469. The zero-order valence-corrected chi connectivity index (χ0v) is 9.17. The molecule has 0 bridgehead atoms. The number of aromatic hydroxyl groups is 1. The molecule has 0 aromatic heterocycles. The number of benzene rings is 1. The van der Waals surface area contributed by atoms with Crippen molar-refractivity contribution < 1.29 is 5.11 Å². The summed E-state index contributed by atoms with van der Waals surface area (Å²) >= 11 is 0. The molecular weight excluding hydrogens is 172 g/mol. The lowest BCUT2D eigenvalue weighted by atomic mass is 9.93. The summed E-state index contributed by atoms with van der Waals surface area (Å²) in [6.07, 6.45) is 2.77. The van der Waals surface area contributed by atoms with E-state index in [0.29, 0.717) is 11.7 Å². The van der Waals surface area contributed by atoms with Crippen molar-refractivity contribution in [3.63, 3.8) is 0 Å². The quantitative estimate of drug-likeness (QED) is 0.723. The average Bonchev–Trinajstić information content (AvgIpc) is 2.11. The van der Waals surface area contributed by atoms with Gasteiger partial charge in [-0.25, -0.2) is 0 Å². The van der Waals surface area contributed by atoms with Gasteiger partial charge in [0.15, 0.2) is 0 Å². The number of hydrogen-bond donors (Lipinski definition) is 1. The van der Waals surface area contributed by atoms with E-state index in [1.807, 2.05) is 25.1 Å². The van der Waals surface area contributed by atoms with Gasteiger partial charge in [0.05, 0.1) is 0 Å². The average molecular weight is 190 g/mol. The van der Waals surface area contributed by atoms with Gasteiger partial charge in [0, 0.05) is 0 Å². The van der Waals surface area contributed by atoms with E-state index in [-0.39, 0.29) is 0 Å². The SMILES string of the molecule is C=CCc1cc(C)c(O)cc1C(C)C. The molecule has 0 unspecified atom stereocenters. The molecule has 0 heterocycles. The molecule has 0 fully saturated rings. The van der Waals surface area contributed by atoms with Gasteiger partial charge < -0.3 is 5.11 Å². The maximum absolute atomic E-state index is 9.62. The normalized spacial score (nSPS) is 10.6. The highest BCUT2D eigenvalue weighted by Gasteiger charge is 2.08. The van der Waals surface area contributed by atoms with Gasteiger partial charge in [0.25, 0.3) is 0 Å². The maximum Gasteiger partial charge on any atom is 0.118 e. The first-order valence-electron chi connectivity index (χ1n) is 4.99. The Morgan fingerprint density at radius 1 is 1.43 bits per heavy atom. The number of phenolic OH excluding ortho intramolecular Hbond substituents is 1. The monoisotopic (exact) mass is 190 g/mol. The molecule has 1 aromatic carbocycles. The van der Waals surface area contributed by atoms with Crippen LogP contribution in [0.15, 0.2) is 24.8 Å². The molecule has 0 spiro atoms. The Hall–Kier alpha value is -1.24. The largest absolute Gasteiger partial charge is 0.508 e. The Labute approximate surface area is 86.1 Å². The first-order valence-corrected chi connectivity index (χ1v) is 4.99. The lowest BCUT2D eigenvalue weighted by Crippen LogP contribution is -1.96. The summed E-state index contributed by atoms with van der Waals surface area (Å²) in [4.78, 5) is 0.